The first-order chi connectivity index (χ1) is 10.2. The predicted octanol–water partition coefficient (Wildman–Crippen LogP) is 3.43. The van der Waals surface area contributed by atoms with Gasteiger partial charge in [-0.15, -0.1) is 0 Å². The highest BCUT2D eigenvalue weighted by molar-refractivity contribution is 9.10. The first-order valence-electron chi connectivity index (χ1n) is 6.63. The first-order valence-corrected chi connectivity index (χ1v) is 8.24. The smallest absolute Gasteiger partial charge is 0.192 e. The van der Waals surface area contributed by atoms with E-state index in [1.165, 1.54) is 5.56 Å². The monoisotopic (exact) mass is 367 g/mol. The Bertz CT molecular complexity index is 578. The second kappa shape index (κ2) is 8.48. The number of aryl methyl sites for hydroxylation is 1. The summed E-state index contributed by atoms with van der Waals surface area (Å²) in [6.07, 6.45) is 3.68. The summed E-state index contributed by atoms with van der Waals surface area (Å²) in [5, 5.41) is 4.13. The molecule has 0 aliphatic heterocycles. The number of methoxy groups -OCH3 is 1. The Morgan fingerprint density at radius 2 is 2.05 bits per heavy atom. The number of nitrogens with one attached hydrogen (secondary N) is 1. The summed E-state index contributed by atoms with van der Waals surface area (Å²) in [6.45, 7) is 4.31. The van der Waals surface area contributed by atoms with Crippen LogP contribution in [0.15, 0.2) is 45.1 Å². The van der Waals surface area contributed by atoms with Crippen molar-refractivity contribution in [1.29, 1.82) is 0 Å². The molecule has 1 N–H and O–H groups in total. The minimum atomic E-state index is 0.706. The van der Waals surface area contributed by atoms with E-state index in [9.17, 15) is 0 Å². The number of rotatable bonds is 7. The number of hydrogen-bond acceptors (Lipinski definition) is 5. The maximum atomic E-state index is 5.04. The lowest BCUT2D eigenvalue weighted by Crippen LogP contribution is -2.18. The van der Waals surface area contributed by atoms with Crippen LogP contribution in [0.3, 0.4) is 0 Å². The quantitative estimate of drug-likeness (QED) is 0.599. The average molecular weight is 368 g/mol. The van der Waals surface area contributed by atoms with E-state index in [1.54, 1.807) is 18.9 Å². The molecule has 2 aromatic rings. The van der Waals surface area contributed by atoms with Crippen molar-refractivity contribution in [3.63, 3.8) is 0 Å². The van der Waals surface area contributed by atoms with Crippen LogP contribution in [0.25, 0.3) is 0 Å². The molecule has 21 heavy (non-hydrogen) atoms. The average Bonchev–Trinajstić information content (AvgIpc) is 2.48. The third kappa shape index (κ3) is 5.39. The summed E-state index contributed by atoms with van der Waals surface area (Å²) in [7, 11) is 1.71. The van der Waals surface area contributed by atoms with E-state index >= 15 is 0 Å². The van der Waals surface area contributed by atoms with Gasteiger partial charge in [-0.3, -0.25) is 0 Å². The molecule has 0 atom stereocenters. The third-order valence-corrected chi connectivity index (χ3v) is 4.28. The summed E-state index contributed by atoms with van der Waals surface area (Å²) in [4.78, 5) is 9.85. The summed E-state index contributed by atoms with van der Waals surface area (Å²) < 4.78 is 6.11. The van der Waals surface area contributed by atoms with Crippen molar-refractivity contribution in [1.82, 2.24) is 15.3 Å². The van der Waals surface area contributed by atoms with Crippen LogP contribution in [0.1, 0.15) is 11.1 Å². The van der Waals surface area contributed by atoms with Crippen LogP contribution in [0.5, 0.6) is 0 Å². The molecule has 0 amide bonds. The van der Waals surface area contributed by atoms with Gasteiger partial charge < -0.3 is 10.1 Å². The van der Waals surface area contributed by atoms with Gasteiger partial charge in [0.15, 0.2) is 5.16 Å². The summed E-state index contributed by atoms with van der Waals surface area (Å²) in [5.74, 6) is 0. The maximum absolute atomic E-state index is 5.04. The Morgan fingerprint density at radius 1 is 1.29 bits per heavy atom. The van der Waals surface area contributed by atoms with Crippen LogP contribution in [0.4, 0.5) is 0 Å². The standard InChI is InChI=1S/C15H18BrN3OS/c1-11-8-18-15(19-9-11)21-14-4-3-13(16)7-12(14)10-17-5-6-20-2/h3-4,7-9,17H,5-6,10H2,1-2H3. The van der Waals surface area contributed by atoms with Gasteiger partial charge in [-0.2, -0.15) is 0 Å². The van der Waals surface area contributed by atoms with Gasteiger partial charge in [0.1, 0.15) is 0 Å². The molecule has 0 unspecified atom stereocenters. The zero-order chi connectivity index (χ0) is 15.1. The lowest BCUT2D eigenvalue weighted by atomic mass is 10.2. The Morgan fingerprint density at radius 3 is 2.76 bits per heavy atom. The van der Waals surface area contributed by atoms with Gasteiger partial charge in [-0.25, -0.2) is 9.97 Å². The minimum Gasteiger partial charge on any atom is -0.383 e. The fourth-order valence-electron chi connectivity index (χ4n) is 1.71. The molecule has 0 aliphatic carbocycles. The van der Waals surface area contributed by atoms with Gasteiger partial charge in [0, 0.05) is 42.0 Å². The number of ether oxygens (including phenoxy) is 1. The fourth-order valence-corrected chi connectivity index (χ4v) is 2.93. The second-order valence-corrected chi connectivity index (χ2v) is 6.49. The van der Waals surface area contributed by atoms with E-state index in [0.29, 0.717) is 6.61 Å². The number of nitrogens with zero attached hydrogens (tertiary/aromatic N) is 2. The molecule has 1 aromatic carbocycles. The van der Waals surface area contributed by atoms with E-state index < -0.39 is 0 Å². The Kier molecular flexibility index (Phi) is 6.63. The van der Waals surface area contributed by atoms with Gasteiger partial charge in [-0.1, -0.05) is 15.9 Å². The molecule has 1 aromatic heterocycles. The highest BCUT2D eigenvalue weighted by Gasteiger charge is 2.07. The topological polar surface area (TPSA) is 47.0 Å². The number of benzene rings is 1. The molecule has 0 saturated carbocycles. The molecule has 0 saturated heterocycles. The van der Waals surface area contributed by atoms with Gasteiger partial charge in [0.2, 0.25) is 0 Å². The van der Waals surface area contributed by atoms with Crippen LogP contribution in [0, 0.1) is 6.92 Å². The molecule has 0 radical (unpaired) electrons. The van der Waals surface area contributed by atoms with E-state index in [2.05, 4.69) is 43.3 Å². The van der Waals surface area contributed by atoms with E-state index in [4.69, 9.17) is 4.74 Å². The lowest BCUT2D eigenvalue weighted by Gasteiger charge is -2.10. The van der Waals surface area contributed by atoms with Crippen LogP contribution in [-0.2, 0) is 11.3 Å². The summed E-state index contributed by atoms with van der Waals surface area (Å²) in [6, 6.07) is 6.25. The molecule has 0 fully saturated rings. The van der Waals surface area contributed by atoms with E-state index in [1.807, 2.05) is 25.4 Å². The van der Waals surface area contributed by atoms with Crippen LogP contribution in [0.2, 0.25) is 0 Å². The third-order valence-electron chi connectivity index (χ3n) is 2.78. The normalized spacial score (nSPS) is 10.8. The number of hydrogen-bond donors (Lipinski definition) is 1. The molecular weight excluding hydrogens is 350 g/mol. The second-order valence-electron chi connectivity index (χ2n) is 4.57. The van der Waals surface area contributed by atoms with Crippen LogP contribution in [-0.4, -0.2) is 30.2 Å². The van der Waals surface area contributed by atoms with Crippen LogP contribution >= 0.6 is 27.7 Å². The van der Waals surface area contributed by atoms with Crippen molar-refractivity contribution in [2.75, 3.05) is 20.3 Å². The van der Waals surface area contributed by atoms with Crippen molar-refractivity contribution >= 4 is 27.7 Å². The first kappa shape index (κ1) is 16.4. The van der Waals surface area contributed by atoms with Crippen LogP contribution < -0.4 is 5.32 Å². The predicted molar refractivity (Wildman–Crippen MR) is 88.6 cm³/mol. The maximum Gasteiger partial charge on any atom is 0.192 e. The fraction of sp³-hybridized carbons (Fsp3) is 0.333. The van der Waals surface area contributed by atoms with E-state index in [0.717, 1.165) is 33.2 Å². The van der Waals surface area contributed by atoms with Gasteiger partial charge in [0.05, 0.1) is 6.61 Å². The Labute approximate surface area is 137 Å². The Hall–Kier alpha value is -0.950. The van der Waals surface area contributed by atoms with Crippen molar-refractivity contribution in [3.8, 4) is 0 Å². The molecule has 1 heterocycles. The van der Waals surface area contributed by atoms with Crippen molar-refractivity contribution < 1.29 is 4.74 Å². The SMILES string of the molecule is COCCNCc1cc(Br)ccc1Sc1ncc(C)cn1. The summed E-state index contributed by atoms with van der Waals surface area (Å²) >= 11 is 5.10. The minimum absolute atomic E-state index is 0.706. The van der Waals surface area contributed by atoms with Gasteiger partial charge in [0.25, 0.3) is 0 Å². The van der Waals surface area contributed by atoms with E-state index in [-0.39, 0.29) is 0 Å². The Balaban J connectivity index is 2.08. The largest absolute Gasteiger partial charge is 0.383 e. The van der Waals surface area contributed by atoms with Crippen molar-refractivity contribution in [2.24, 2.45) is 0 Å². The molecule has 0 spiro atoms. The van der Waals surface area contributed by atoms with Gasteiger partial charge in [-0.05, 0) is 48.0 Å². The van der Waals surface area contributed by atoms with Crippen molar-refractivity contribution in [2.45, 2.75) is 23.5 Å². The molecule has 0 aliphatic rings. The number of halogens is 1. The highest BCUT2D eigenvalue weighted by Crippen LogP contribution is 2.29. The molecule has 0 bridgehead atoms. The lowest BCUT2D eigenvalue weighted by molar-refractivity contribution is 0.199. The highest BCUT2D eigenvalue weighted by atomic mass is 79.9. The molecule has 6 heteroatoms. The zero-order valence-electron chi connectivity index (χ0n) is 12.1. The molecule has 2 rings (SSSR count). The molecular formula is C15H18BrN3OS. The zero-order valence-corrected chi connectivity index (χ0v) is 14.5. The molecule has 4 nitrogen and oxygen atoms in total. The number of aromatic nitrogens is 2. The van der Waals surface area contributed by atoms with Crippen molar-refractivity contribution in [3.05, 3.63) is 46.2 Å². The summed E-state index contributed by atoms with van der Waals surface area (Å²) in [5.41, 5.74) is 2.28. The molecule has 112 valence electrons. The van der Waals surface area contributed by atoms with Gasteiger partial charge >= 0.3 is 0 Å².